The SMILES string of the molecule is CCOc1ccccc1/C=C/C(=O)c1ccc(OC(=O)c2ccccc2Cl)cc1. The van der Waals surface area contributed by atoms with E-state index in [1.807, 2.05) is 31.2 Å². The Morgan fingerprint density at radius 2 is 1.62 bits per heavy atom. The number of carbonyl (C=O) groups is 2. The number of benzene rings is 3. The van der Waals surface area contributed by atoms with Gasteiger partial charge in [0.1, 0.15) is 11.5 Å². The molecule has 0 fully saturated rings. The lowest BCUT2D eigenvalue weighted by molar-refractivity contribution is 0.0735. The Bertz CT molecular complexity index is 1040. The number of carbonyl (C=O) groups excluding carboxylic acids is 2. The summed E-state index contributed by atoms with van der Waals surface area (Å²) in [5.41, 5.74) is 1.59. The molecule has 3 aromatic carbocycles. The molecule has 0 atom stereocenters. The summed E-state index contributed by atoms with van der Waals surface area (Å²) in [5, 5.41) is 0.321. The Morgan fingerprint density at radius 1 is 0.931 bits per heavy atom. The van der Waals surface area contributed by atoms with Crippen molar-refractivity contribution in [2.45, 2.75) is 6.92 Å². The Labute approximate surface area is 174 Å². The highest BCUT2D eigenvalue weighted by Gasteiger charge is 2.12. The van der Waals surface area contributed by atoms with Crippen molar-refractivity contribution in [3.05, 3.63) is 101 Å². The van der Waals surface area contributed by atoms with Crippen LogP contribution in [0.25, 0.3) is 6.08 Å². The normalized spacial score (nSPS) is 10.7. The predicted octanol–water partition coefficient (Wildman–Crippen LogP) is 5.85. The van der Waals surface area contributed by atoms with Crippen molar-refractivity contribution < 1.29 is 19.1 Å². The Hall–Kier alpha value is -3.37. The number of esters is 1. The van der Waals surface area contributed by atoms with Crippen molar-refractivity contribution in [3.8, 4) is 11.5 Å². The van der Waals surface area contributed by atoms with Gasteiger partial charge in [0, 0.05) is 11.1 Å². The van der Waals surface area contributed by atoms with Crippen molar-refractivity contribution in [2.75, 3.05) is 6.61 Å². The van der Waals surface area contributed by atoms with Crippen LogP contribution < -0.4 is 9.47 Å². The minimum atomic E-state index is -0.554. The van der Waals surface area contributed by atoms with Crippen LogP contribution in [-0.2, 0) is 0 Å². The first kappa shape index (κ1) is 20.4. The zero-order valence-electron chi connectivity index (χ0n) is 15.8. The molecule has 29 heavy (non-hydrogen) atoms. The molecule has 0 saturated heterocycles. The zero-order chi connectivity index (χ0) is 20.6. The fourth-order valence-corrected chi connectivity index (χ4v) is 2.86. The molecular formula is C24H19ClO4. The highest BCUT2D eigenvalue weighted by atomic mass is 35.5. The van der Waals surface area contributed by atoms with E-state index in [1.165, 1.54) is 6.08 Å². The maximum atomic E-state index is 12.4. The summed E-state index contributed by atoms with van der Waals surface area (Å²) in [6.45, 7) is 2.46. The van der Waals surface area contributed by atoms with Gasteiger partial charge in [0.05, 0.1) is 17.2 Å². The number of rotatable bonds is 7. The van der Waals surface area contributed by atoms with Crippen molar-refractivity contribution in [1.82, 2.24) is 0 Å². The van der Waals surface area contributed by atoms with Gasteiger partial charge in [-0.05, 0) is 61.5 Å². The fourth-order valence-electron chi connectivity index (χ4n) is 2.64. The van der Waals surface area contributed by atoms with Gasteiger partial charge >= 0.3 is 5.97 Å². The minimum Gasteiger partial charge on any atom is -0.493 e. The van der Waals surface area contributed by atoms with Crippen LogP contribution in [0.3, 0.4) is 0 Å². The standard InChI is InChI=1S/C24H19ClO4/c1-2-28-23-10-6-3-7-18(23)13-16-22(26)17-11-14-19(15-12-17)29-24(27)20-8-4-5-9-21(20)25/h3-16H,2H2,1H3/b16-13+. The van der Waals surface area contributed by atoms with E-state index in [4.69, 9.17) is 21.1 Å². The Morgan fingerprint density at radius 3 is 2.34 bits per heavy atom. The maximum Gasteiger partial charge on any atom is 0.345 e. The van der Waals surface area contributed by atoms with Crippen molar-refractivity contribution in [1.29, 1.82) is 0 Å². The molecular weight excluding hydrogens is 388 g/mol. The van der Waals surface area contributed by atoms with E-state index < -0.39 is 5.97 Å². The average Bonchev–Trinajstić information content (AvgIpc) is 2.74. The third kappa shape index (κ3) is 5.33. The third-order valence-corrected chi connectivity index (χ3v) is 4.41. The molecule has 0 aliphatic rings. The minimum absolute atomic E-state index is 0.166. The van der Waals surface area contributed by atoms with Crippen molar-refractivity contribution in [3.63, 3.8) is 0 Å². The summed E-state index contributed by atoms with van der Waals surface area (Å²) in [7, 11) is 0. The summed E-state index contributed by atoms with van der Waals surface area (Å²) >= 11 is 6.01. The van der Waals surface area contributed by atoms with E-state index in [0.29, 0.717) is 22.9 Å². The Balaban J connectivity index is 1.68. The van der Waals surface area contributed by atoms with Crippen LogP contribution in [0.2, 0.25) is 5.02 Å². The van der Waals surface area contributed by atoms with Crippen LogP contribution >= 0.6 is 11.6 Å². The van der Waals surface area contributed by atoms with Crippen LogP contribution in [0.1, 0.15) is 33.2 Å². The van der Waals surface area contributed by atoms with Crippen LogP contribution in [0, 0.1) is 0 Å². The van der Waals surface area contributed by atoms with Crippen molar-refractivity contribution in [2.24, 2.45) is 0 Å². The van der Waals surface area contributed by atoms with Crippen LogP contribution in [0.15, 0.2) is 78.9 Å². The second-order valence-corrected chi connectivity index (χ2v) is 6.47. The summed E-state index contributed by atoms with van der Waals surface area (Å²) in [6, 6.07) is 20.5. The van der Waals surface area contributed by atoms with E-state index in [1.54, 1.807) is 54.6 Å². The summed E-state index contributed by atoms with van der Waals surface area (Å²) < 4.78 is 10.9. The summed E-state index contributed by atoms with van der Waals surface area (Å²) in [5.74, 6) is 0.334. The van der Waals surface area contributed by atoms with Gasteiger partial charge in [-0.3, -0.25) is 4.79 Å². The lowest BCUT2D eigenvalue weighted by atomic mass is 10.1. The lowest BCUT2D eigenvalue weighted by Crippen LogP contribution is -2.09. The molecule has 0 heterocycles. The molecule has 0 aliphatic carbocycles. The summed E-state index contributed by atoms with van der Waals surface area (Å²) in [4.78, 5) is 24.6. The molecule has 146 valence electrons. The molecule has 0 bridgehead atoms. The van der Waals surface area contributed by atoms with E-state index in [9.17, 15) is 9.59 Å². The maximum absolute atomic E-state index is 12.4. The smallest absolute Gasteiger partial charge is 0.345 e. The van der Waals surface area contributed by atoms with Crippen LogP contribution in [-0.4, -0.2) is 18.4 Å². The Kier molecular flexibility index (Phi) is 6.82. The number of ether oxygens (including phenoxy) is 2. The molecule has 0 aliphatic heterocycles. The number of para-hydroxylation sites is 1. The van der Waals surface area contributed by atoms with E-state index in [0.717, 1.165) is 11.3 Å². The largest absolute Gasteiger partial charge is 0.493 e. The number of hydrogen-bond donors (Lipinski definition) is 0. The molecule has 3 rings (SSSR count). The van der Waals surface area contributed by atoms with Crippen LogP contribution in [0.4, 0.5) is 0 Å². The number of allylic oxidation sites excluding steroid dienone is 1. The molecule has 3 aromatic rings. The third-order valence-electron chi connectivity index (χ3n) is 4.08. The van der Waals surface area contributed by atoms with Gasteiger partial charge in [0.2, 0.25) is 0 Å². The number of ketones is 1. The van der Waals surface area contributed by atoms with Gasteiger partial charge in [0.15, 0.2) is 5.78 Å². The molecule has 5 heteroatoms. The van der Waals surface area contributed by atoms with Crippen LogP contribution in [0.5, 0.6) is 11.5 Å². The quantitative estimate of drug-likeness (QED) is 0.213. The number of hydrogen-bond acceptors (Lipinski definition) is 4. The molecule has 0 spiro atoms. The molecule has 4 nitrogen and oxygen atoms in total. The summed E-state index contributed by atoms with van der Waals surface area (Å²) in [6.07, 6.45) is 3.21. The molecule has 0 amide bonds. The topological polar surface area (TPSA) is 52.6 Å². The first-order chi connectivity index (χ1) is 14.1. The average molecular weight is 407 g/mol. The first-order valence-electron chi connectivity index (χ1n) is 9.09. The predicted molar refractivity (Wildman–Crippen MR) is 114 cm³/mol. The second-order valence-electron chi connectivity index (χ2n) is 6.06. The number of halogens is 1. The fraction of sp³-hybridized carbons (Fsp3) is 0.0833. The van der Waals surface area contributed by atoms with E-state index in [2.05, 4.69) is 0 Å². The molecule has 0 saturated carbocycles. The van der Waals surface area contributed by atoms with E-state index in [-0.39, 0.29) is 11.3 Å². The van der Waals surface area contributed by atoms with Gasteiger partial charge in [-0.2, -0.15) is 0 Å². The molecule has 0 unspecified atom stereocenters. The highest BCUT2D eigenvalue weighted by molar-refractivity contribution is 6.33. The first-order valence-corrected chi connectivity index (χ1v) is 9.47. The highest BCUT2D eigenvalue weighted by Crippen LogP contribution is 2.21. The monoisotopic (exact) mass is 406 g/mol. The van der Waals surface area contributed by atoms with Gasteiger partial charge in [0.25, 0.3) is 0 Å². The zero-order valence-corrected chi connectivity index (χ0v) is 16.6. The molecule has 0 radical (unpaired) electrons. The van der Waals surface area contributed by atoms with Gasteiger partial charge < -0.3 is 9.47 Å². The van der Waals surface area contributed by atoms with E-state index >= 15 is 0 Å². The van der Waals surface area contributed by atoms with Crippen molar-refractivity contribution >= 4 is 29.4 Å². The van der Waals surface area contributed by atoms with Gasteiger partial charge in [-0.25, -0.2) is 4.79 Å². The molecule has 0 aromatic heterocycles. The van der Waals surface area contributed by atoms with Gasteiger partial charge in [-0.1, -0.05) is 41.9 Å². The van der Waals surface area contributed by atoms with Gasteiger partial charge in [-0.15, -0.1) is 0 Å². The molecule has 0 N–H and O–H groups in total. The lowest BCUT2D eigenvalue weighted by Gasteiger charge is -2.07. The second kappa shape index (κ2) is 9.71.